The van der Waals surface area contributed by atoms with Crippen molar-refractivity contribution in [1.29, 1.82) is 0 Å². The van der Waals surface area contributed by atoms with Gasteiger partial charge < -0.3 is 0 Å². The van der Waals surface area contributed by atoms with Gasteiger partial charge >= 0.3 is 0 Å². The summed E-state index contributed by atoms with van der Waals surface area (Å²) in [5.41, 5.74) is 2.16. The molecule has 2 rings (SSSR count). The van der Waals surface area contributed by atoms with Gasteiger partial charge in [-0.1, -0.05) is 56.8 Å². The van der Waals surface area contributed by atoms with Crippen LogP contribution in [-0.4, -0.2) is 0 Å². The Kier molecular flexibility index (Phi) is 4.54. The molecule has 0 aliphatic rings. The molecule has 2 aromatic carbocycles. The smallest absolute Gasteiger partial charge is 0.124 e. The van der Waals surface area contributed by atoms with Gasteiger partial charge in [-0.25, -0.2) is 4.39 Å². The monoisotopic (exact) mass is 366 g/mol. The van der Waals surface area contributed by atoms with Gasteiger partial charge in [0.25, 0.3) is 0 Å². The summed E-state index contributed by atoms with van der Waals surface area (Å²) in [4.78, 5) is 0. The van der Waals surface area contributed by atoms with Crippen LogP contribution in [0.4, 0.5) is 4.39 Å². The van der Waals surface area contributed by atoms with E-state index in [0.29, 0.717) is 31.5 Å². The molecule has 0 unspecified atom stereocenters. The Labute approximate surface area is 128 Å². The molecule has 0 aromatic heterocycles. The molecule has 0 nitrogen and oxygen atoms in total. The second-order valence-corrected chi connectivity index (χ2v) is 5.51. The number of rotatable bonds is 2. The molecular formula is C13H7BrCl3F. The highest BCUT2D eigenvalue weighted by Crippen LogP contribution is 2.36. The van der Waals surface area contributed by atoms with Gasteiger partial charge in [-0.2, -0.15) is 0 Å². The lowest BCUT2D eigenvalue weighted by Crippen LogP contribution is -1.87. The Morgan fingerprint density at radius 2 is 1.56 bits per heavy atom. The maximum absolute atomic E-state index is 13.5. The maximum atomic E-state index is 13.5. The van der Waals surface area contributed by atoms with Crippen LogP contribution in [0.2, 0.25) is 15.1 Å². The molecule has 0 N–H and O–H groups in total. The minimum Gasteiger partial charge on any atom is -0.207 e. The van der Waals surface area contributed by atoms with Crippen molar-refractivity contribution in [3.05, 3.63) is 56.8 Å². The predicted octanol–water partition coefficient (Wildman–Crippen LogP) is 6.35. The predicted molar refractivity (Wildman–Crippen MR) is 79.5 cm³/mol. The van der Waals surface area contributed by atoms with E-state index < -0.39 is 0 Å². The molecular weight excluding hydrogens is 361 g/mol. The van der Waals surface area contributed by atoms with Crippen molar-refractivity contribution in [1.82, 2.24) is 0 Å². The van der Waals surface area contributed by atoms with Gasteiger partial charge in [-0.05, 0) is 35.4 Å². The fraction of sp³-hybridized carbons (Fsp3) is 0.0769. The van der Waals surface area contributed by atoms with Crippen molar-refractivity contribution in [2.24, 2.45) is 0 Å². The SMILES string of the molecule is Fc1cc(CBr)cc(-c2cc(Cl)c(Cl)cc2Cl)c1. The average Bonchev–Trinajstić information content (AvgIpc) is 2.33. The number of benzene rings is 2. The van der Waals surface area contributed by atoms with Gasteiger partial charge in [0.1, 0.15) is 5.82 Å². The molecule has 0 amide bonds. The molecule has 18 heavy (non-hydrogen) atoms. The van der Waals surface area contributed by atoms with E-state index in [1.165, 1.54) is 12.1 Å². The first-order valence-corrected chi connectivity index (χ1v) is 7.27. The van der Waals surface area contributed by atoms with Gasteiger partial charge in [-0.15, -0.1) is 0 Å². The zero-order valence-corrected chi connectivity index (χ0v) is 12.8. The van der Waals surface area contributed by atoms with Crippen molar-refractivity contribution in [2.45, 2.75) is 5.33 Å². The molecule has 0 aliphatic carbocycles. The highest BCUT2D eigenvalue weighted by atomic mass is 79.9. The Balaban J connectivity index is 2.61. The van der Waals surface area contributed by atoms with Crippen molar-refractivity contribution in [3.8, 4) is 11.1 Å². The standard InChI is InChI=1S/C13H7BrCl3F/c14-6-7-1-8(3-9(18)2-7)10-4-12(16)13(17)5-11(10)15/h1-5H,6H2. The molecule has 0 fully saturated rings. The molecule has 0 aliphatic heterocycles. The molecule has 0 atom stereocenters. The fourth-order valence-corrected chi connectivity index (χ4v) is 2.61. The summed E-state index contributed by atoms with van der Waals surface area (Å²) in [5, 5.41) is 1.77. The van der Waals surface area contributed by atoms with E-state index in [2.05, 4.69) is 15.9 Å². The van der Waals surface area contributed by atoms with Crippen LogP contribution in [0.3, 0.4) is 0 Å². The van der Waals surface area contributed by atoms with E-state index in [1.54, 1.807) is 12.1 Å². The van der Waals surface area contributed by atoms with Crippen LogP contribution < -0.4 is 0 Å². The lowest BCUT2D eigenvalue weighted by Gasteiger charge is -2.08. The van der Waals surface area contributed by atoms with Gasteiger partial charge in [0.2, 0.25) is 0 Å². The lowest BCUT2D eigenvalue weighted by atomic mass is 10.0. The quantitative estimate of drug-likeness (QED) is 0.428. The average molecular weight is 368 g/mol. The van der Waals surface area contributed by atoms with E-state index in [-0.39, 0.29) is 5.82 Å². The first kappa shape index (κ1) is 14.1. The normalized spacial score (nSPS) is 10.7. The third-order valence-electron chi connectivity index (χ3n) is 2.43. The summed E-state index contributed by atoms with van der Waals surface area (Å²) in [7, 11) is 0. The number of hydrogen-bond acceptors (Lipinski definition) is 0. The number of hydrogen-bond donors (Lipinski definition) is 0. The van der Waals surface area contributed by atoms with Crippen LogP contribution in [0.25, 0.3) is 11.1 Å². The molecule has 0 bridgehead atoms. The minimum atomic E-state index is -0.316. The zero-order valence-electron chi connectivity index (χ0n) is 8.98. The number of halogens is 5. The third kappa shape index (κ3) is 3.00. The summed E-state index contributed by atoms with van der Waals surface area (Å²) in [6.45, 7) is 0. The molecule has 0 saturated heterocycles. The zero-order chi connectivity index (χ0) is 13.3. The van der Waals surface area contributed by atoms with Gasteiger partial charge in [-0.3, -0.25) is 0 Å². The molecule has 0 heterocycles. The first-order valence-electron chi connectivity index (χ1n) is 5.01. The van der Waals surface area contributed by atoms with Crippen LogP contribution >= 0.6 is 50.7 Å². The second-order valence-electron chi connectivity index (χ2n) is 3.73. The van der Waals surface area contributed by atoms with E-state index in [9.17, 15) is 4.39 Å². The van der Waals surface area contributed by atoms with E-state index in [0.717, 1.165) is 5.56 Å². The Bertz CT molecular complexity index is 599. The van der Waals surface area contributed by atoms with Crippen molar-refractivity contribution in [3.63, 3.8) is 0 Å². The first-order chi connectivity index (χ1) is 8.51. The van der Waals surface area contributed by atoms with Crippen LogP contribution in [0.5, 0.6) is 0 Å². The largest absolute Gasteiger partial charge is 0.207 e. The van der Waals surface area contributed by atoms with E-state index >= 15 is 0 Å². The van der Waals surface area contributed by atoms with Crippen molar-refractivity contribution >= 4 is 50.7 Å². The van der Waals surface area contributed by atoms with Crippen LogP contribution in [0, 0.1) is 5.82 Å². The summed E-state index contributed by atoms with van der Waals surface area (Å²) < 4.78 is 13.5. The topological polar surface area (TPSA) is 0 Å². The Morgan fingerprint density at radius 3 is 2.22 bits per heavy atom. The maximum Gasteiger partial charge on any atom is 0.124 e. The van der Waals surface area contributed by atoms with Gasteiger partial charge in [0, 0.05) is 15.9 Å². The molecule has 2 aromatic rings. The third-order valence-corrected chi connectivity index (χ3v) is 4.12. The molecule has 0 saturated carbocycles. The van der Waals surface area contributed by atoms with Gasteiger partial charge in [0.05, 0.1) is 10.0 Å². The Hall–Kier alpha value is -0.280. The van der Waals surface area contributed by atoms with E-state index in [4.69, 9.17) is 34.8 Å². The van der Waals surface area contributed by atoms with Crippen LogP contribution in [-0.2, 0) is 5.33 Å². The highest BCUT2D eigenvalue weighted by Gasteiger charge is 2.10. The molecule has 94 valence electrons. The molecule has 0 spiro atoms. The van der Waals surface area contributed by atoms with Crippen molar-refractivity contribution < 1.29 is 4.39 Å². The molecule has 0 radical (unpaired) electrons. The van der Waals surface area contributed by atoms with Crippen molar-refractivity contribution in [2.75, 3.05) is 0 Å². The summed E-state index contributed by atoms with van der Waals surface area (Å²) in [6, 6.07) is 7.92. The van der Waals surface area contributed by atoms with Crippen LogP contribution in [0.15, 0.2) is 30.3 Å². The second kappa shape index (κ2) is 5.79. The lowest BCUT2D eigenvalue weighted by molar-refractivity contribution is 0.627. The fourth-order valence-electron chi connectivity index (χ4n) is 1.63. The Morgan fingerprint density at radius 1 is 0.889 bits per heavy atom. The summed E-state index contributed by atoms with van der Waals surface area (Å²) in [6.07, 6.45) is 0. The van der Waals surface area contributed by atoms with E-state index in [1.807, 2.05) is 6.07 Å². The summed E-state index contributed by atoms with van der Waals surface area (Å²) in [5.74, 6) is -0.316. The number of alkyl halides is 1. The molecule has 5 heteroatoms. The highest BCUT2D eigenvalue weighted by molar-refractivity contribution is 9.08. The van der Waals surface area contributed by atoms with Gasteiger partial charge in [0.15, 0.2) is 0 Å². The van der Waals surface area contributed by atoms with Crippen LogP contribution in [0.1, 0.15) is 5.56 Å². The summed E-state index contributed by atoms with van der Waals surface area (Å²) >= 11 is 21.2. The minimum absolute atomic E-state index is 0.316.